The number of carbonyl (C=O) groups excluding carboxylic acids is 1. The molecule has 1 aromatic heterocycles. The number of aliphatic imine (C=N–C) groups is 1. The van der Waals surface area contributed by atoms with E-state index in [1.165, 1.54) is 0 Å². The van der Waals surface area contributed by atoms with Crippen LogP contribution in [-0.2, 0) is 13.1 Å². The van der Waals surface area contributed by atoms with Crippen molar-refractivity contribution < 1.29 is 4.79 Å². The number of aromatic nitrogens is 2. The van der Waals surface area contributed by atoms with Crippen molar-refractivity contribution in [1.82, 2.24) is 25.3 Å². The lowest BCUT2D eigenvalue weighted by atomic mass is 10.1. The van der Waals surface area contributed by atoms with E-state index in [0.717, 1.165) is 31.2 Å². The molecule has 0 saturated heterocycles. The van der Waals surface area contributed by atoms with E-state index in [0.29, 0.717) is 12.1 Å². The smallest absolute Gasteiger partial charge is 0.253 e. The topological polar surface area (TPSA) is 74.6 Å². The van der Waals surface area contributed by atoms with Gasteiger partial charge in [-0.1, -0.05) is 12.1 Å². The summed E-state index contributed by atoms with van der Waals surface area (Å²) in [6.45, 7) is 4.90. The van der Waals surface area contributed by atoms with Crippen LogP contribution in [0.5, 0.6) is 0 Å². The molecular formula is C18H27IN6O. The summed E-state index contributed by atoms with van der Waals surface area (Å²) in [7, 11) is 3.50. The van der Waals surface area contributed by atoms with Crippen molar-refractivity contribution in [1.29, 1.82) is 0 Å². The number of carbonyl (C=O) groups is 1. The van der Waals surface area contributed by atoms with Crippen LogP contribution < -0.4 is 10.6 Å². The van der Waals surface area contributed by atoms with Crippen LogP contribution in [-0.4, -0.2) is 53.7 Å². The number of nitrogens with one attached hydrogen (secondary N) is 2. The quantitative estimate of drug-likeness (QED) is 0.369. The number of benzene rings is 1. The van der Waals surface area contributed by atoms with E-state index in [9.17, 15) is 4.79 Å². The van der Waals surface area contributed by atoms with Gasteiger partial charge in [-0.15, -0.1) is 24.0 Å². The average molecular weight is 470 g/mol. The molecule has 1 heterocycles. The maximum absolute atomic E-state index is 11.9. The Kier molecular flexibility index (Phi) is 9.71. The van der Waals surface area contributed by atoms with E-state index in [1.807, 2.05) is 48.1 Å². The average Bonchev–Trinajstić information content (AvgIpc) is 3.13. The molecule has 0 radical (unpaired) electrons. The maximum atomic E-state index is 11.9. The third kappa shape index (κ3) is 7.03. The fraction of sp³-hybridized carbons (Fsp3) is 0.389. The second-order valence-corrected chi connectivity index (χ2v) is 5.79. The fourth-order valence-corrected chi connectivity index (χ4v) is 2.24. The van der Waals surface area contributed by atoms with Crippen molar-refractivity contribution in [2.24, 2.45) is 4.99 Å². The Hall–Kier alpha value is -2.10. The molecule has 142 valence electrons. The molecule has 26 heavy (non-hydrogen) atoms. The first-order chi connectivity index (χ1) is 12.1. The van der Waals surface area contributed by atoms with Crippen LogP contribution in [0.25, 0.3) is 0 Å². The van der Waals surface area contributed by atoms with Gasteiger partial charge in [0, 0.05) is 45.1 Å². The summed E-state index contributed by atoms with van der Waals surface area (Å²) in [6.07, 6.45) is 3.70. The van der Waals surface area contributed by atoms with Crippen molar-refractivity contribution in [3.05, 3.63) is 53.9 Å². The molecule has 0 aliphatic rings. The first kappa shape index (κ1) is 21.9. The van der Waals surface area contributed by atoms with Crippen molar-refractivity contribution in [2.45, 2.75) is 20.0 Å². The molecule has 0 bridgehead atoms. The SMILES string of the molecule is CCNC(=NCc1ccc(C(=O)N(C)C)cc1)NCCn1cccn1.I. The number of amides is 1. The molecular weight excluding hydrogens is 443 g/mol. The van der Waals surface area contributed by atoms with Crippen LogP contribution in [0, 0.1) is 0 Å². The van der Waals surface area contributed by atoms with Gasteiger partial charge in [0.25, 0.3) is 5.91 Å². The van der Waals surface area contributed by atoms with Gasteiger partial charge < -0.3 is 15.5 Å². The minimum absolute atomic E-state index is 0. The van der Waals surface area contributed by atoms with Gasteiger partial charge in [-0.3, -0.25) is 9.48 Å². The van der Waals surface area contributed by atoms with Crippen LogP contribution in [0.4, 0.5) is 0 Å². The zero-order chi connectivity index (χ0) is 18.1. The van der Waals surface area contributed by atoms with Gasteiger partial charge >= 0.3 is 0 Å². The van der Waals surface area contributed by atoms with Crippen LogP contribution in [0.3, 0.4) is 0 Å². The third-order valence-electron chi connectivity index (χ3n) is 3.56. The van der Waals surface area contributed by atoms with Gasteiger partial charge in [0.1, 0.15) is 0 Å². The van der Waals surface area contributed by atoms with E-state index >= 15 is 0 Å². The maximum Gasteiger partial charge on any atom is 0.253 e. The van der Waals surface area contributed by atoms with Crippen molar-refractivity contribution in [3.8, 4) is 0 Å². The van der Waals surface area contributed by atoms with Crippen molar-refractivity contribution in [2.75, 3.05) is 27.2 Å². The molecule has 0 saturated carbocycles. The van der Waals surface area contributed by atoms with E-state index in [-0.39, 0.29) is 29.9 Å². The lowest BCUT2D eigenvalue weighted by molar-refractivity contribution is 0.0827. The standard InChI is InChI=1S/C18H26N6O.HI/c1-4-19-18(20-11-13-24-12-5-10-22-24)21-14-15-6-8-16(9-7-15)17(25)23(2)3;/h5-10,12H,4,11,13-14H2,1-3H3,(H2,19,20,21);1H. The Morgan fingerprint density at radius 2 is 1.96 bits per heavy atom. The normalized spacial score (nSPS) is 10.8. The highest BCUT2D eigenvalue weighted by Crippen LogP contribution is 2.07. The third-order valence-corrected chi connectivity index (χ3v) is 3.56. The Morgan fingerprint density at radius 1 is 1.23 bits per heavy atom. The number of guanidine groups is 1. The Balaban J connectivity index is 0.00000338. The number of nitrogens with zero attached hydrogens (tertiary/aromatic N) is 4. The number of hydrogen-bond acceptors (Lipinski definition) is 3. The lowest BCUT2D eigenvalue weighted by Crippen LogP contribution is -2.38. The van der Waals surface area contributed by atoms with Crippen molar-refractivity contribution in [3.63, 3.8) is 0 Å². The molecule has 2 aromatic rings. The lowest BCUT2D eigenvalue weighted by Gasteiger charge is -2.12. The van der Waals surface area contributed by atoms with E-state index in [4.69, 9.17) is 0 Å². The predicted octanol–water partition coefficient (Wildman–Crippen LogP) is 1.96. The van der Waals surface area contributed by atoms with Crippen LogP contribution >= 0.6 is 24.0 Å². The largest absolute Gasteiger partial charge is 0.357 e. The Bertz CT molecular complexity index is 682. The van der Waals surface area contributed by atoms with Gasteiger partial charge in [0.15, 0.2) is 5.96 Å². The molecule has 1 amide bonds. The summed E-state index contributed by atoms with van der Waals surface area (Å²) in [5.74, 6) is 0.770. The molecule has 0 unspecified atom stereocenters. The molecule has 0 aliphatic carbocycles. The summed E-state index contributed by atoms with van der Waals surface area (Å²) in [4.78, 5) is 18.0. The molecule has 2 N–H and O–H groups in total. The molecule has 1 aromatic carbocycles. The zero-order valence-corrected chi connectivity index (χ0v) is 17.8. The highest BCUT2D eigenvalue weighted by molar-refractivity contribution is 14.0. The first-order valence-electron chi connectivity index (χ1n) is 8.40. The molecule has 7 nitrogen and oxygen atoms in total. The minimum atomic E-state index is 0. The first-order valence-corrected chi connectivity index (χ1v) is 8.40. The van der Waals surface area contributed by atoms with Gasteiger partial charge in [0.2, 0.25) is 0 Å². The van der Waals surface area contributed by atoms with E-state index in [2.05, 4.69) is 20.7 Å². The predicted molar refractivity (Wildman–Crippen MR) is 115 cm³/mol. The number of halogens is 1. The van der Waals surface area contributed by atoms with E-state index < -0.39 is 0 Å². The Morgan fingerprint density at radius 3 is 2.54 bits per heavy atom. The zero-order valence-electron chi connectivity index (χ0n) is 15.5. The van der Waals surface area contributed by atoms with Gasteiger partial charge in [-0.25, -0.2) is 4.99 Å². The monoisotopic (exact) mass is 470 g/mol. The van der Waals surface area contributed by atoms with Crippen LogP contribution in [0.1, 0.15) is 22.8 Å². The highest BCUT2D eigenvalue weighted by atomic mass is 127. The molecule has 0 atom stereocenters. The second-order valence-electron chi connectivity index (χ2n) is 5.79. The second kappa shape index (κ2) is 11.5. The van der Waals surface area contributed by atoms with E-state index in [1.54, 1.807) is 25.2 Å². The molecule has 2 rings (SSSR count). The van der Waals surface area contributed by atoms with Gasteiger partial charge in [-0.05, 0) is 30.7 Å². The van der Waals surface area contributed by atoms with Gasteiger partial charge in [0.05, 0.1) is 13.1 Å². The molecule has 0 aliphatic heterocycles. The summed E-state index contributed by atoms with van der Waals surface area (Å²) in [5, 5.41) is 10.7. The van der Waals surface area contributed by atoms with Gasteiger partial charge in [-0.2, -0.15) is 5.10 Å². The highest BCUT2D eigenvalue weighted by Gasteiger charge is 2.07. The van der Waals surface area contributed by atoms with Crippen molar-refractivity contribution >= 4 is 35.8 Å². The minimum Gasteiger partial charge on any atom is -0.357 e. The number of hydrogen-bond donors (Lipinski definition) is 2. The summed E-state index contributed by atoms with van der Waals surface area (Å²) < 4.78 is 1.87. The fourth-order valence-electron chi connectivity index (χ4n) is 2.24. The molecule has 0 fully saturated rings. The summed E-state index contributed by atoms with van der Waals surface area (Å²) in [5.41, 5.74) is 1.74. The molecule has 8 heteroatoms. The Labute approximate surface area is 171 Å². The number of rotatable bonds is 7. The van der Waals surface area contributed by atoms with Crippen LogP contribution in [0.2, 0.25) is 0 Å². The molecule has 0 spiro atoms. The van der Waals surface area contributed by atoms with Crippen LogP contribution in [0.15, 0.2) is 47.7 Å². The summed E-state index contributed by atoms with van der Waals surface area (Å²) in [6, 6.07) is 9.46. The summed E-state index contributed by atoms with van der Waals surface area (Å²) >= 11 is 0.